The van der Waals surface area contributed by atoms with Gasteiger partial charge in [-0.25, -0.2) is 0 Å². The van der Waals surface area contributed by atoms with E-state index in [-0.39, 0.29) is 18.9 Å². The van der Waals surface area contributed by atoms with Crippen LogP contribution in [0.15, 0.2) is 5.11 Å². The van der Waals surface area contributed by atoms with Crippen LogP contribution in [0.3, 0.4) is 0 Å². The van der Waals surface area contributed by atoms with Crippen molar-refractivity contribution in [2.45, 2.75) is 71.3 Å². The maximum atomic E-state index is 12.4. The molecular formula is C17H31N3O4. The predicted octanol–water partition coefficient (Wildman–Crippen LogP) is 4.20. The molecule has 0 amide bonds. The van der Waals surface area contributed by atoms with E-state index in [9.17, 15) is 9.59 Å². The molecule has 0 spiro atoms. The third kappa shape index (κ3) is 9.53. The zero-order chi connectivity index (χ0) is 18.2. The van der Waals surface area contributed by atoms with Gasteiger partial charge in [0.25, 0.3) is 0 Å². The number of rotatable bonds is 15. The van der Waals surface area contributed by atoms with Crippen LogP contribution in [-0.2, 0) is 19.1 Å². The molecule has 0 radical (unpaired) electrons. The molecule has 0 heterocycles. The lowest BCUT2D eigenvalue weighted by molar-refractivity contribution is -0.157. The summed E-state index contributed by atoms with van der Waals surface area (Å²) in [5, 5.41) is 3.42. The van der Waals surface area contributed by atoms with E-state index in [4.69, 9.17) is 15.0 Å². The zero-order valence-corrected chi connectivity index (χ0v) is 15.2. The Morgan fingerprint density at radius 2 is 1.71 bits per heavy atom. The second-order valence-corrected chi connectivity index (χ2v) is 5.75. The second kappa shape index (κ2) is 15.0. The van der Waals surface area contributed by atoms with Gasteiger partial charge in [-0.05, 0) is 18.9 Å². The fraction of sp³-hybridized carbons (Fsp3) is 0.882. The summed E-state index contributed by atoms with van der Waals surface area (Å²) in [6, 6.07) is 0. The molecule has 0 rings (SSSR count). The molecular weight excluding hydrogens is 310 g/mol. The lowest BCUT2D eigenvalue weighted by atomic mass is 9.93. The Labute approximate surface area is 144 Å². The highest BCUT2D eigenvalue weighted by Gasteiger charge is 2.35. The summed E-state index contributed by atoms with van der Waals surface area (Å²) in [7, 11) is 1.39. The van der Waals surface area contributed by atoms with Gasteiger partial charge in [-0.1, -0.05) is 50.6 Å². The SMILES string of the molecule is CCCCCCCCCC(=O)C(C(=O)OCC)C(CN=[N+]=[N-])OC. The fourth-order valence-electron chi connectivity index (χ4n) is 2.57. The Balaban J connectivity index is 4.51. The monoisotopic (exact) mass is 341 g/mol. The molecule has 0 aromatic rings. The van der Waals surface area contributed by atoms with Crippen molar-refractivity contribution < 1.29 is 19.1 Å². The fourth-order valence-corrected chi connectivity index (χ4v) is 2.57. The average molecular weight is 341 g/mol. The van der Waals surface area contributed by atoms with Crippen molar-refractivity contribution in [2.75, 3.05) is 20.3 Å². The summed E-state index contributed by atoms with van der Waals surface area (Å²) < 4.78 is 10.2. The highest BCUT2D eigenvalue weighted by Crippen LogP contribution is 2.17. The molecule has 0 aliphatic carbocycles. The van der Waals surface area contributed by atoms with Crippen LogP contribution in [-0.4, -0.2) is 38.1 Å². The van der Waals surface area contributed by atoms with Gasteiger partial charge in [0, 0.05) is 18.4 Å². The van der Waals surface area contributed by atoms with Crippen LogP contribution in [0.25, 0.3) is 10.4 Å². The van der Waals surface area contributed by atoms with E-state index in [0.717, 1.165) is 19.3 Å². The predicted molar refractivity (Wildman–Crippen MR) is 92.6 cm³/mol. The average Bonchev–Trinajstić information content (AvgIpc) is 2.57. The summed E-state index contributed by atoms with van der Waals surface area (Å²) in [4.78, 5) is 27.2. The van der Waals surface area contributed by atoms with E-state index in [0.29, 0.717) is 6.42 Å². The molecule has 0 aliphatic rings. The quantitative estimate of drug-likeness (QED) is 0.111. The number of ketones is 1. The standard InChI is InChI=1S/C17H31N3O4/c1-4-6-7-8-9-10-11-12-14(21)16(17(22)24-5-2)15(23-3)13-19-20-18/h15-16H,4-13H2,1-3H3. The van der Waals surface area contributed by atoms with Crippen LogP contribution in [0.5, 0.6) is 0 Å². The number of carbonyl (C=O) groups is 2. The van der Waals surface area contributed by atoms with Crippen molar-refractivity contribution in [1.29, 1.82) is 0 Å². The highest BCUT2D eigenvalue weighted by molar-refractivity contribution is 5.99. The number of carbonyl (C=O) groups excluding carboxylic acids is 2. The van der Waals surface area contributed by atoms with E-state index in [1.807, 2.05) is 0 Å². The van der Waals surface area contributed by atoms with Crippen molar-refractivity contribution in [2.24, 2.45) is 11.0 Å². The molecule has 7 nitrogen and oxygen atoms in total. The molecule has 7 heteroatoms. The maximum absolute atomic E-state index is 12.4. The first-order chi connectivity index (χ1) is 11.6. The number of nitrogens with zero attached hydrogens (tertiary/aromatic N) is 3. The molecule has 0 N–H and O–H groups in total. The van der Waals surface area contributed by atoms with Crippen LogP contribution < -0.4 is 0 Å². The van der Waals surface area contributed by atoms with Crippen molar-refractivity contribution in [3.8, 4) is 0 Å². The van der Waals surface area contributed by atoms with E-state index in [1.165, 1.54) is 32.8 Å². The van der Waals surface area contributed by atoms with Gasteiger partial charge in [0.1, 0.15) is 11.7 Å². The Kier molecular flexibility index (Phi) is 14.0. The highest BCUT2D eigenvalue weighted by atomic mass is 16.5. The number of Topliss-reactive ketones (excluding diaryl/α,β-unsaturated/α-hetero) is 1. The summed E-state index contributed by atoms with van der Waals surface area (Å²) >= 11 is 0. The molecule has 0 aromatic carbocycles. The van der Waals surface area contributed by atoms with Crippen LogP contribution in [0, 0.1) is 5.92 Å². The zero-order valence-electron chi connectivity index (χ0n) is 15.2. The Morgan fingerprint density at radius 1 is 1.08 bits per heavy atom. The van der Waals surface area contributed by atoms with E-state index >= 15 is 0 Å². The van der Waals surface area contributed by atoms with Gasteiger partial charge in [0.15, 0.2) is 0 Å². The largest absolute Gasteiger partial charge is 0.465 e. The summed E-state index contributed by atoms with van der Waals surface area (Å²) in [5.41, 5.74) is 8.44. The van der Waals surface area contributed by atoms with Crippen LogP contribution >= 0.6 is 0 Å². The van der Waals surface area contributed by atoms with Crippen molar-refractivity contribution in [3.63, 3.8) is 0 Å². The van der Waals surface area contributed by atoms with Crippen LogP contribution in [0.4, 0.5) is 0 Å². The van der Waals surface area contributed by atoms with Gasteiger partial charge in [0.05, 0.1) is 19.3 Å². The lowest BCUT2D eigenvalue weighted by Crippen LogP contribution is -2.39. The number of methoxy groups -OCH3 is 1. The molecule has 2 atom stereocenters. The molecule has 0 aromatic heterocycles. The Hall–Kier alpha value is -1.59. The first-order valence-electron chi connectivity index (χ1n) is 8.85. The third-order valence-electron chi connectivity index (χ3n) is 3.91. The Bertz CT molecular complexity index is 409. The van der Waals surface area contributed by atoms with Gasteiger partial charge in [0.2, 0.25) is 0 Å². The lowest BCUT2D eigenvalue weighted by Gasteiger charge is -2.22. The maximum Gasteiger partial charge on any atom is 0.319 e. The molecule has 2 unspecified atom stereocenters. The number of esters is 1. The minimum absolute atomic E-state index is 0.0702. The number of hydrogen-bond donors (Lipinski definition) is 0. The number of azide groups is 1. The molecule has 0 bridgehead atoms. The number of unbranched alkanes of at least 4 members (excludes halogenated alkanes) is 6. The summed E-state index contributed by atoms with van der Waals surface area (Å²) in [5.74, 6) is -1.84. The van der Waals surface area contributed by atoms with E-state index in [1.54, 1.807) is 6.92 Å². The first kappa shape index (κ1) is 22.4. The molecule has 24 heavy (non-hydrogen) atoms. The molecule has 0 saturated carbocycles. The molecule has 0 saturated heterocycles. The number of hydrogen-bond acceptors (Lipinski definition) is 5. The van der Waals surface area contributed by atoms with Gasteiger partial charge in [-0.3, -0.25) is 9.59 Å². The van der Waals surface area contributed by atoms with Gasteiger partial charge < -0.3 is 9.47 Å². The van der Waals surface area contributed by atoms with Crippen LogP contribution in [0.2, 0.25) is 0 Å². The first-order valence-corrected chi connectivity index (χ1v) is 8.85. The van der Waals surface area contributed by atoms with Crippen molar-refractivity contribution >= 4 is 11.8 Å². The number of ether oxygens (including phenoxy) is 2. The normalized spacial score (nSPS) is 13.0. The second-order valence-electron chi connectivity index (χ2n) is 5.75. The third-order valence-corrected chi connectivity index (χ3v) is 3.91. The topological polar surface area (TPSA) is 101 Å². The van der Waals surface area contributed by atoms with Gasteiger partial charge in [-0.2, -0.15) is 0 Å². The minimum atomic E-state index is -1.03. The van der Waals surface area contributed by atoms with Gasteiger partial charge >= 0.3 is 5.97 Å². The van der Waals surface area contributed by atoms with Gasteiger partial charge in [-0.15, -0.1) is 0 Å². The van der Waals surface area contributed by atoms with E-state index in [2.05, 4.69) is 16.9 Å². The summed E-state index contributed by atoms with van der Waals surface area (Å²) in [6.45, 7) is 3.99. The Morgan fingerprint density at radius 3 is 2.25 bits per heavy atom. The molecule has 0 aliphatic heterocycles. The molecule has 138 valence electrons. The van der Waals surface area contributed by atoms with E-state index < -0.39 is 18.0 Å². The molecule has 0 fully saturated rings. The minimum Gasteiger partial charge on any atom is -0.465 e. The van der Waals surface area contributed by atoms with Crippen LogP contribution in [0.1, 0.15) is 65.2 Å². The van der Waals surface area contributed by atoms with Crippen molar-refractivity contribution in [3.05, 3.63) is 10.4 Å². The smallest absolute Gasteiger partial charge is 0.319 e. The summed E-state index contributed by atoms with van der Waals surface area (Å²) in [6.07, 6.45) is 7.23. The van der Waals surface area contributed by atoms with Crippen molar-refractivity contribution in [1.82, 2.24) is 0 Å².